The van der Waals surface area contributed by atoms with Crippen molar-refractivity contribution in [3.05, 3.63) is 85.5 Å². The van der Waals surface area contributed by atoms with Gasteiger partial charge in [-0.3, -0.25) is 9.97 Å². The average Bonchev–Trinajstić information content (AvgIpc) is 2.56. The maximum atomic E-state index is 9.87. The molecule has 0 unspecified atom stereocenters. The van der Waals surface area contributed by atoms with Crippen molar-refractivity contribution in [3.63, 3.8) is 0 Å². The van der Waals surface area contributed by atoms with E-state index in [-0.39, 0.29) is 20.1 Å². The number of nitrogens with zero attached hydrogens (tertiary/aromatic N) is 2. The Kier molecular flexibility index (Phi) is 13.9. The zero-order valence-electron chi connectivity index (χ0n) is 14.9. The Hall–Kier alpha value is -1.56. The largest absolute Gasteiger partial charge is 0.265 e. The maximum Gasteiger partial charge on any atom is 0.0267 e. The normalized spacial score (nSPS) is 17.2. The SMILES string of the molecule is C1=C\CC/C=C\CC/1.F[P-](F)(F)(F)(F)F.[Ir].c1ccncc1.c1ccncc1. The molecule has 0 aromatic carbocycles. The van der Waals surface area contributed by atoms with Crippen molar-refractivity contribution in [1.82, 2.24) is 9.97 Å². The fraction of sp³-hybridized carbons (Fsp3) is 0.222. The number of allylic oxidation sites excluding steroid dienone is 4. The molecule has 3 rings (SSSR count). The molecule has 0 saturated heterocycles. The zero-order chi connectivity index (χ0) is 20.6. The number of halogens is 6. The van der Waals surface area contributed by atoms with Crippen molar-refractivity contribution in [2.75, 3.05) is 0 Å². The van der Waals surface area contributed by atoms with E-state index < -0.39 is 7.81 Å². The number of rotatable bonds is 0. The van der Waals surface area contributed by atoms with E-state index in [0.717, 1.165) is 0 Å². The van der Waals surface area contributed by atoms with E-state index in [1.54, 1.807) is 24.8 Å². The second-order valence-corrected chi connectivity index (χ2v) is 7.02. The Morgan fingerprint density at radius 1 is 0.464 bits per heavy atom. The predicted octanol–water partition coefficient (Wildman–Crippen LogP) is 8.22. The van der Waals surface area contributed by atoms with E-state index in [9.17, 15) is 25.2 Å². The molecule has 28 heavy (non-hydrogen) atoms. The summed E-state index contributed by atoms with van der Waals surface area (Å²) in [6.45, 7) is 0. The number of aromatic nitrogens is 2. The Morgan fingerprint density at radius 3 is 0.786 bits per heavy atom. The first-order valence-corrected chi connectivity index (χ1v) is 10.0. The van der Waals surface area contributed by atoms with Crippen LogP contribution in [0.3, 0.4) is 0 Å². The van der Waals surface area contributed by atoms with Crippen molar-refractivity contribution in [2.45, 2.75) is 25.7 Å². The molecule has 10 heteroatoms. The van der Waals surface area contributed by atoms with Crippen LogP contribution in [0.15, 0.2) is 85.5 Å². The van der Waals surface area contributed by atoms with Crippen LogP contribution < -0.4 is 0 Å². The molecule has 0 spiro atoms. The van der Waals surface area contributed by atoms with Gasteiger partial charge in [0.2, 0.25) is 0 Å². The van der Waals surface area contributed by atoms with Crippen LogP contribution in [0.5, 0.6) is 0 Å². The monoisotopic (exact) mass is 604 g/mol. The molecule has 0 atom stereocenters. The minimum absolute atomic E-state index is 0. The molecule has 2 heterocycles. The molecule has 0 aliphatic heterocycles. The van der Waals surface area contributed by atoms with Gasteiger partial charge in [0.15, 0.2) is 0 Å². The van der Waals surface area contributed by atoms with Crippen molar-refractivity contribution in [2.24, 2.45) is 0 Å². The summed E-state index contributed by atoms with van der Waals surface area (Å²) in [7, 11) is -10.7. The first kappa shape index (κ1) is 28.6. The van der Waals surface area contributed by atoms with Crippen LogP contribution in [0.1, 0.15) is 25.7 Å². The second kappa shape index (κ2) is 13.6. The van der Waals surface area contributed by atoms with Gasteiger partial charge < -0.3 is 0 Å². The van der Waals surface area contributed by atoms with Gasteiger partial charge in [-0.25, -0.2) is 0 Å². The molecular weight excluding hydrogens is 581 g/mol. The smallest absolute Gasteiger partial charge is 0.0267 e. The summed E-state index contributed by atoms with van der Waals surface area (Å²) in [6.07, 6.45) is 21.0. The van der Waals surface area contributed by atoms with Gasteiger partial charge >= 0.3 is 33.0 Å². The van der Waals surface area contributed by atoms with Gasteiger partial charge in [-0.2, -0.15) is 0 Å². The van der Waals surface area contributed by atoms with Crippen molar-refractivity contribution < 1.29 is 45.3 Å². The standard InChI is InChI=1S/C8H12.2C5H5N.F6P.Ir/c1-2-4-6-8-7-5-3-1;2*1-2-4-6-5-3-1;1-7(2,3,4,5)6;/h1-2,7-8H,3-6H2;2*1-5H;;/q;;;-1;/b2-1-,8-7-;;;;. The van der Waals surface area contributed by atoms with Crippen LogP contribution in [0.25, 0.3) is 0 Å². The van der Waals surface area contributed by atoms with Gasteiger partial charge in [0.1, 0.15) is 0 Å². The Labute approximate surface area is 174 Å². The molecule has 1 aliphatic rings. The third-order valence-corrected chi connectivity index (χ3v) is 2.47. The van der Waals surface area contributed by atoms with E-state index in [4.69, 9.17) is 0 Å². The van der Waals surface area contributed by atoms with Crippen LogP contribution >= 0.6 is 7.81 Å². The number of pyridine rings is 2. The molecule has 0 N–H and O–H groups in total. The Morgan fingerprint density at radius 2 is 0.679 bits per heavy atom. The van der Waals surface area contributed by atoms with Crippen LogP contribution in [-0.2, 0) is 20.1 Å². The second-order valence-electron chi connectivity index (χ2n) is 5.10. The molecule has 1 aliphatic carbocycles. The number of hydrogen-bond acceptors (Lipinski definition) is 2. The first-order chi connectivity index (χ1) is 12.4. The summed E-state index contributed by atoms with van der Waals surface area (Å²) in [6, 6.07) is 11.4. The van der Waals surface area contributed by atoms with Gasteiger partial charge in [0.25, 0.3) is 0 Å². The third kappa shape index (κ3) is 39.5. The molecule has 0 fully saturated rings. The van der Waals surface area contributed by atoms with Crippen molar-refractivity contribution in [1.29, 1.82) is 0 Å². The van der Waals surface area contributed by atoms with Crippen LogP contribution in [0.2, 0.25) is 0 Å². The number of hydrogen-bond donors (Lipinski definition) is 0. The molecule has 0 bridgehead atoms. The van der Waals surface area contributed by atoms with E-state index in [2.05, 4.69) is 34.3 Å². The molecule has 2 aromatic rings. The predicted molar refractivity (Wildman–Crippen MR) is 98.8 cm³/mol. The van der Waals surface area contributed by atoms with Crippen LogP contribution in [0, 0.1) is 0 Å². The summed E-state index contributed by atoms with van der Waals surface area (Å²) in [5, 5.41) is 0. The minimum Gasteiger partial charge on any atom is -0.265 e. The molecular formula is C18H22F6IrN2P-. The molecule has 2 aromatic heterocycles. The molecule has 0 saturated carbocycles. The zero-order valence-corrected chi connectivity index (χ0v) is 18.1. The van der Waals surface area contributed by atoms with Crippen LogP contribution in [0.4, 0.5) is 25.2 Å². The molecule has 1 radical (unpaired) electrons. The fourth-order valence-corrected chi connectivity index (χ4v) is 1.48. The average molecular weight is 604 g/mol. The van der Waals surface area contributed by atoms with E-state index >= 15 is 0 Å². The molecule has 161 valence electrons. The summed E-state index contributed by atoms with van der Waals surface area (Å²) in [5.41, 5.74) is 0. The topological polar surface area (TPSA) is 25.8 Å². The minimum atomic E-state index is -10.7. The van der Waals surface area contributed by atoms with Gasteiger partial charge in [-0.05, 0) is 49.9 Å². The molecule has 2 nitrogen and oxygen atoms in total. The van der Waals surface area contributed by atoms with Crippen LogP contribution in [-0.4, -0.2) is 9.97 Å². The van der Waals surface area contributed by atoms with Crippen molar-refractivity contribution in [3.8, 4) is 0 Å². The Bertz CT molecular complexity index is 527. The van der Waals surface area contributed by atoms with Gasteiger partial charge in [0, 0.05) is 44.9 Å². The van der Waals surface area contributed by atoms with Crippen molar-refractivity contribution >= 4 is 7.81 Å². The first-order valence-electron chi connectivity index (χ1n) is 8.01. The summed E-state index contributed by atoms with van der Waals surface area (Å²) < 4.78 is 59.2. The summed E-state index contributed by atoms with van der Waals surface area (Å²) in [4.78, 5) is 7.57. The van der Waals surface area contributed by atoms with E-state index in [1.165, 1.54) is 25.7 Å². The quantitative estimate of drug-likeness (QED) is 0.172. The molecule has 0 amide bonds. The third-order valence-electron chi connectivity index (χ3n) is 2.47. The summed E-state index contributed by atoms with van der Waals surface area (Å²) >= 11 is 0. The van der Waals surface area contributed by atoms with E-state index in [0.29, 0.717) is 0 Å². The Balaban J connectivity index is 0. The van der Waals surface area contributed by atoms with Gasteiger partial charge in [-0.15, -0.1) is 0 Å². The van der Waals surface area contributed by atoms with E-state index in [1.807, 2.05) is 36.4 Å². The van der Waals surface area contributed by atoms with Gasteiger partial charge in [0.05, 0.1) is 0 Å². The van der Waals surface area contributed by atoms with Gasteiger partial charge in [-0.1, -0.05) is 36.4 Å². The fourth-order valence-electron chi connectivity index (χ4n) is 1.48. The maximum absolute atomic E-state index is 10.7. The summed E-state index contributed by atoms with van der Waals surface area (Å²) in [5.74, 6) is 0.